The first kappa shape index (κ1) is 32.7. The van der Waals surface area contributed by atoms with Crippen LogP contribution in [-0.2, 0) is 6.42 Å². The molecule has 0 radical (unpaired) electrons. The zero-order valence-corrected chi connectivity index (χ0v) is 26.1. The van der Waals surface area contributed by atoms with Crippen LogP contribution >= 0.6 is 0 Å². The zero-order chi connectivity index (χ0) is 29.8. The van der Waals surface area contributed by atoms with Crippen molar-refractivity contribution >= 4 is 12.2 Å². The summed E-state index contributed by atoms with van der Waals surface area (Å²) in [6, 6.07) is 4.04. The first-order valence-electron chi connectivity index (χ1n) is 15.5. The summed E-state index contributed by atoms with van der Waals surface area (Å²) in [5.41, 5.74) is 3.19. The van der Waals surface area contributed by atoms with Gasteiger partial charge in [-0.05, 0) is 77.7 Å². The van der Waals surface area contributed by atoms with Crippen molar-refractivity contribution in [2.75, 3.05) is 66.5 Å². The molecule has 228 valence electrons. The van der Waals surface area contributed by atoms with E-state index in [1.807, 2.05) is 19.1 Å². The maximum atomic E-state index is 13.3. The summed E-state index contributed by atoms with van der Waals surface area (Å²) in [6.45, 7) is 15.5. The SMILES string of the molecule is C=CC.CCCCCc1cc(OC(=O)N2CCN(C)CC2)c([C@@H]2C=C(C)CCC2)c(OC(=O)N2CCN(C)CC2)c1. The summed E-state index contributed by atoms with van der Waals surface area (Å²) in [5.74, 6) is 1.12. The molecule has 1 aromatic rings. The molecule has 0 bridgehead atoms. The lowest BCUT2D eigenvalue weighted by Crippen LogP contribution is -2.48. The Morgan fingerprint density at radius 2 is 1.39 bits per heavy atom. The highest BCUT2D eigenvalue weighted by Gasteiger charge is 2.29. The van der Waals surface area contributed by atoms with Gasteiger partial charge in [0.25, 0.3) is 0 Å². The Labute approximate surface area is 247 Å². The predicted molar refractivity (Wildman–Crippen MR) is 166 cm³/mol. The van der Waals surface area contributed by atoms with Gasteiger partial charge in [-0.25, -0.2) is 9.59 Å². The second kappa shape index (κ2) is 16.6. The molecule has 4 rings (SSSR count). The lowest BCUT2D eigenvalue weighted by atomic mass is 9.84. The largest absolute Gasteiger partial charge is 0.415 e. The minimum Gasteiger partial charge on any atom is -0.410 e. The zero-order valence-electron chi connectivity index (χ0n) is 26.1. The predicted octanol–water partition coefficient (Wildman–Crippen LogP) is 6.32. The van der Waals surface area contributed by atoms with E-state index in [1.54, 1.807) is 15.9 Å². The molecular weight excluding hydrogens is 516 g/mol. The number of allylic oxidation sites excluding steroid dienone is 3. The van der Waals surface area contributed by atoms with Gasteiger partial charge in [-0.1, -0.05) is 37.5 Å². The average Bonchev–Trinajstić information content (AvgIpc) is 2.94. The van der Waals surface area contributed by atoms with E-state index in [1.165, 1.54) is 5.57 Å². The van der Waals surface area contributed by atoms with Crippen molar-refractivity contribution in [1.29, 1.82) is 0 Å². The van der Waals surface area contributed by atoms with Crippen molar-refractivity contribution in [2.24, 2.45) is 0 Å². The molecule has 1 aliphatic carbocycles. The molecule has 0 aromatic heterocycles. The molecular formula is C33H52N4O4. The molecule has 0 N–H and O–H groups in total. The normalized spacial score (nSPS) is 20.0. The van der Waals surface area contributed by atoms with E-state index in [-0.39, 0.29) is 18.1 Å². The van der Waals surface area contributed by atoms with Gasteiger partial charge < -0.3 is 29.1 Å². The van der Waals surface area contributed by atoms with Crippen molar-refractivity contribution < 1.29 is 19.1 Å². The number of nitrogens with zero attached hydrogens (tertiary/aromatic N) is 4. The van der Waals surface area contributed by atoms with Crippen molar-refractivity contribution in [3.8, 4) is 11.5 Å². The van der Waals surface area contributed by atoms with Crippen molar-refractivity contribution in [3.63, 3.8) is 0 Å². The van der Waals surface area contributed by atoms with Gasteiger partial charge in [-0.2, -0.15) is 0 Å². The van der Waals surface area contributed by atoms with Crippen LogP contribution in [-0.4, -0.2) is 98.2 Å². The Morgan fingerprint density at radius 1 is 0.902 bits per heavy atom. The number of likely N-dealkylation sites (N-methyl/N-ethyl adjacent to an activating group) is 2. The Balaban J connectivity index is 0.00000147. The molecule has 2 saturated heterocycles. The summed E-state index contributed by atoms with van der Waals surface area (Å²) < 4.78 is 12.3. The molecule has 3 aliphatic rings. The number of carbonyl (C=O) groups excluding carboxylic acids is 2. The summed E-state index contributed by atoms with van der Waals surface area (Å²) >= 11 is 0. The number of unbranched alkanes of at least 4 members (excludes halogenated alkanes) is 2. The molecule has 41 heavy (non-hydrogen) atoms. The number of hydrogen-bond donors (Lipinski definition) is 0. The number of ether oxygens (including phenoxy) is 2. The highest BCUT2D eigenvalue weighted by Crippen LogP contribution is 2.43. The van der Waals surface area contributed by atoms with Crippen molar-refractivity contribution in [2.45, 2.75) is 71.6 Å². The Bertz CT molecular complexity index is 983. The maximum absolute atomic E-state index is 13.3. The van der Waals surface area contributed by atoms with Crippen molar-refractivity contribution in [1.82, 2.24) is 19.6 Å². The standard InChI is InChI=1S/C30H46N4O4.C3H6/c1-5-6-7-10-24-21-26(37-29(35)33-16-12-31(3)13-17-33)28(25-11-8-9-23(2)20-25)27(22-24)38-30(36)34-18-14-32(4)15-19-34;1-3-2/h20-22,25H,5-19H2,1-4H3;3H,1H2,2H3/t25-;/m0./s1. The quantitative estimate of drug-likeness (QED) is 0.283. The minimum absolute atomic E-state index is 0.0408. The molecule has 2 aliphatic heterocycles. The smallest absolute Gasteiger partial charge is 0.410 e. The molecule has 0 unspecified atom stereocenters. The van der Waals surface area contributed by atoms with E-state index in [9.17, 15) is 9.59 Å². The summed E-state index contributed by atoms with van der Waals surface area (Å²) in [7, 11) is 4.14. The Morgan fingerprint density at radius 3 is 1.83 bits per heavy atom. The van der Waals surface area contributed by atoms with Gasteiger partial charge in [0.2, 0.25) is 0 Å². The number of rotatable bonds is 7. The lowest BCUT2D eigenvalue weighted by molar-refractivity contribution is 0.118. The summed E-state index contributed by atoms with van der Waals surface area (Å²) in [4.78, 5) is 34.6. The van der Waals surface area contributed by atoms with E-state index < -0.39 is 0 Å². The number of hydrogen-bond acceptors (Lipinski definition) is 6. The fraction of sp³-hybridized carbons (Fsp3) is 0.636. The molecule has 8 nitrogen and oxygen atoms in total. The van der Waals surface area contributed by atoms with Crippen LogP contribution < -0.4 is 9.47 Å². The summed E-state index contributed by atoms with van der Waals surface area (Å²) in [6.07, 6.45) is 10.6. The minimum atomic E-state index is -0.321. The number of aryl methyl sites for hydroxylation is 1. The average molecular weight is 569 g/mol. The molecule has 2 amide bonds. The van der Waals surface area contributed by atoms with E-state index in [2.05, 4.69) is 50.4 Å². The Hall–Kier alpha value is -2.84. The highest BCUT2D eigenvalue weighted by atomic mass is 16.6. The fourth-order valence-corrected chi connectivity index (χ4v) is 5.55. The van der Waals surface area contributed by atoms with Crippen LogP contribution in [0.1, 0.15) is 76.3 Å². The van der Waals surface area contributed by atoms with Gasteiger partial charge in [0.05, 0.1) is 0 Å². The summed E-state index contributed by atoms with van der Waals surface area (Å²) in [5, 5.41) is 0. The molecule has 0 spiro atoms. The molecule has 1 aromatic carbocycles. The molecule has 8 heteroatoms. The third-order valence-corrected chi connectivity index (χ3v) is 8.09. The maximum Gasteiger partial charge on any atom is 0.415 e. The fourth-order valence-electron chi connectivity index (χ4n) is 5.55. The van der Waals surface area contributed by atoms with E-state index in [0.29, 0.717) is 37.7 Å². The first-order chi connectivity index (χ1) is 19.7. The number of amides is 2. The number of benzene rings is 1. The van der Waals surface area contributed by atoms with E-state index in [4.69, 9.17) is 9.47 Å². The molecule has 2 heterocycles. The number of carbonyl (C=O) groups is 2. The van der Waals surface area contributed by atoms with Gasteiger partial charge in [-0.15, -0.1) is 6.58 Å². The van der Waals surface area contributed by atoms with Crippen LogP contribution in [0.3, 0.4) is 0 Å². The van der Waals surface area contributed by atoms with Crippen LogP contribution in [0.15, 0.2) is 36.4 Å². The second-order valence-electron chi connectivity index (χ2n) is 11.7. The second-order valence-corrected chi connectivity index (χ2v) is 11.7. The van der Waals surface area contributed by atoms with Gasteiger partial charge >= 0.3 is 12.2 Å². The van der Waals surface area contributed by atoms with Gasteiger partial charge in [0.1, 0.15) is 11.5 Å². The van der Waals surface area contributed by atoms with Crippen molar-refractivity contribution in [3.05, 3.63) is 47.6 Å². The third kappa shape index (κ3) is 9.89. The van der Waals surface area contributed by atoms with Crippen LogP contribution in [0.5, 0.6) is 11.5 Å². The third-order valence-electron chi connectivity index (χ3n) is 8.09. The van der Waals surface area contributed by atoms with Gasteiger partial charge in [0.15, 0.2) is 0 Å². The Kier molecular flexibility index (Phi) is 13.2. The van der Waals surface area contributed by atoms with E-state index >= 15 is 0 Å². The topological polar surface area (TPSA) is 65.6 Å². The van der Waals surface area contributed by atoms with Crippen LogP contribution in [0.4, 0.5) is 9.59 Å². The van der Waals surface area contributed by atoms with Crippen LogP contribution in [0.2, 0.25) is 0 Å². The number of piperazine rings is 2. The first-order valence-corrected chi connectivity index (χ1v) is 15.5. The van der Waals surface area contributed by atoms with Gasteiger partial charge in [0, 0.05) is 63.8 Å². The van der Waals surface area contributed by atoms with Crippen LogP contribution in [0.25, 0.3) is 0 Å². The van der Waals surface area contributed by atoms with Gasteiger partial charge in [-0.3, -0.25) is 0 Å². The lowest BCUT2D eigenvalue weighted by Gasteiger charge is -2.33. The monoisotopic (exact) mass is 568 g/mol. The van der Waals surface area contributed by atoms with E-state index in [0.717, 1.165) is 82.3 Å². The molecule has 0 saturated carbocycles. The highest BCUT2D eigenvalue weighted by molar-refractivity contribution is 5.75. The van der Waals surface area contributed by atoms with Crippen LogP contribution in [0, 0.1) is 0 Å². The molecule has 1 atom stereocenters. The molecule has 2 fully saturated rings.